The summed E-state index contributed by atoms with van der Waals surface area (Å²) in [5.74, 6) is 0.266. The van der Waals surface area contributed by atoms with Crippen molar-refractivity contribution < 1.29 is 9.53 Å². The van der Waals surface area contributed by atoms with Crippen molar-refractivity contribution in [1.82, 2.24) is 4.90 Å². The molecular weight excluding hydrogens is 228 g/mol. The van der Waals surface area contributed by atoms with Gasteiger partial charge in [-0.25, -0.2) is 0 Å². The molecule has 0 aromatic rings. The highest BCUT2D eigenvalue weighted by Crippen LogP contribution is 2.38. The molecule has 0 spiro atoms. The van der Waals surface area contributed by atoms with Gasteiger partial charge in [0, 0.05) is 25.7 Å². The van der Waals surface area contributed by atoms with Crippen LogP contribution in [0.3, 0.4) is 0 Å². The van der Waals surface area contributed by atoms with Gasteiger partial charge >= 0.3 is 0 Å². The first-order valence-corrected chi connectivity index (χ1v) is 7.24. The number of likely N-dealkylation sites (tertiary alicyclic amines) is 1. The van der Waals surface area contributed by atoms with Gasteiger partial charge in [-0.1, -0.05) is 6.42 Å². The van der Waals surface area contributed by atoms with Crippen LogP contribution in [0, 0.1) is 5.41 Å². The minimum atomic E-state index is -0.321. The zero-order valence-corrected chi connectivity index (χ0v) is 11.7. The van der Waals surface area contributed by atoms with Crippen LogP contribution in [-0.2, 0) is 9.53 Å². The van der Waals surface area contributed by atoms with Crippen molar-refractivity contribution in [3.8, 4) is 0 Å². The fourth-order valence-corrected chi connectivity index (χ4v) is 3.28. The molecule has 1 saturated carbocycles. The minimum Gasteiger partial charge on any atom is -0.378 e. The standard InChI is InChI=1S/C14H26N2O2/c1-3-18-11-6-9-16(10-7-11)13(17)14(2)8-4-5-12(14)15/h11-12H,3-10,15H2,1-2H3. The average Bonchev–Trinajstić information content (AvgIpc) is 2.71. The quantitative estimate of drug-likeness (QED) is 0.831. The number of piperidine rings is 1. The zero-order chi connectivity index (χ0) is 13.2. The third-order valence-electron chi connectivity index (χ3n) is 4.65. The summed E-state index contributed by atoms with van der Waals surface area (Å²) in [6.45, 7) is 6.48. The molecule has 1 aliphatic carbocycles. The van der Waals surface area contributed by atoms with Gasteiger partial charge in [0.15, 0.2) is 0 Å². The van der Waals surface area contributed by atoms with Crippen LogP contribution in [0.1, 0.15) is 46.0 Å². The van der Waals surface area contributed by atoms with Gasteiger partial charge in [0.05, 0.1) is 11.5 Å². The topological polar surface area (TPSA) is 55.6 Å². The number of hydrogen-bond acceptors (Lipinski definition) is 3. The number of nitrogens with zero attached hydrogens (tertiary/aromatic N) is 1. The summed E-state index contributed by atoms with van der Waals surface area (Å²) in [6.07, 6.45) is 5.27. The molecule has 1 heterocycles. The Morgan fingerprint density at radius 3 is 2.56 bits per heavy atom. The van der Waals surface area contributed by atoms with Crippen LogP contribution in [0.5, 0.6) is 0 Å². The number of amides is 1. The molecule has 2 unspecified atom stereocenters. The van der Waals surface area contributed by atoms with Gasteiger partial charge in [-0.3, -0.25) is 4.79 Å². The maximum Gasteiger partial charge on any atom is 0.230 e. The maximum absolute atomic E-state index is 12.6. The first-order chi connectivity index (χ1) is 8.58. The molecule has 2 aliphatic rings. The van der Waals surface area contributed by atoms with Gasteiger partial charge < -0.3 is 15.4 Å². The number of ether oxygens (including phenoxy) is 1. The zero-order valence-electron chi connectivity index (χ0n) is 11.7. The van der Waals surface area contributed by atoms with E-state index in [1.165, 1.54) is 0 Å². The summed E-state index contributed by atoms with van der Waals surface area (Å²) in [7, 11) is 0. The highest BCUT2D eigenvalue weighted by molar-refractivity contribution is 5.83. The largest absolute Gasteiger partial charge is 0.378 e. The van der Waals surface area contributed by atoms with E-state index in [0.29, 0.717) is 6.10 Å². The molecule has 1 aliphatic heterocycles. The molecule has 1 saturated heterocycles. The Bertz CT molecular complexity index is 300. The number of carbonyl (C=O) groups is 1. The molecule has 0 aromatic carbocycles. The predicted molar refractivity (Wildman–Crippen MR) is 71.2 cm³/mol. The Balaban J connectivity index is 1.91. The monoisotopic (exact) mass is 254 g/mol. The second-order valence-electron chi connectivity index (χ2n) is 5.86. The second kappa shape index (κ2) is 5.57. The molecule has 2 atom stereocenters. The van der Waals surface area contributed by atoms with Crippen molar-refractivity contribution in [3.63, 3.8) is 0 Å². The van der Waals surface area contributed by atoms with Gasteiger partial charge in [-0.15, -0.1) is 0 Å². The Morgan fingerprint density at radius 1 is 1.39 bits per heavy atom. The molecule has 2 N–H and O–H groups in total. The lowest BCUT2D eigenvalue weighted by atomic mass is 9.83. The lowest BCUT2D eigenvalue weighted by Gasteiger charge is -2.38. The van der Waals surface area contributed by atoms with Crippen molar-refractivity contribution in [1.29, 1.82) is 0 Å². The van der Waals surface area contributed by atoms with E-state index in [4.69, 9.17) is 10.5 Å². The van der Waals surface area contributed by atoms with Gasteiger partial charge in [0.25, 0.3) is 0 Å². The number of hydrogen-bond donors (Lipinski definition) is 1. The number of nitrogens with two attached hydrogens (primary N) is 1. The Labute approximate surface area is 110 Å². The molecule has 4 nitrogen and oxygen atoms in total. The van der Waals surface area contributed by atoms with E-state index < -0.39 is 0 Å². The van der Waals surface area contributed by atoms with E-state index >= 15 is 0 Å². The number of rotatable bonds is 3. The first kappa shape index (κ1) is 13.8. The third-order valence-corrected chi connectivity index (χ3v) is 4.65. The lowest BCUT2D eigenvalue weighted by Crippen LogP contribution is -2.52. The smallest absolute Gasteiger partial charge is 0.230 e. The van der Waals surface area contributed by atoms with Crippen LogP contribution in [0.25, 0.3) is 0 Å². The maximum atomic E-state index is 12.6. The SMILES string of the molecule is CCOC1CCN(C(=O)C2(C)CCCC2N)CC1. The lowest BCUT2D eigenvalue weighted by molar-refractivity contribution is -0.144. The van der Waals surface area contributed by atoms with Crippen LogP contribution < -0.4 is 5.73 Å². The van der Waals surface area contributed by atoms with Crippen LogP contribution in [0.15, 0.2) is 0 Å². The predicted octanol–water partition coefficient (Wildman–Crippen LogP) is 1.53. The summed E-state index contributed by atoms with van der Waals surface area (Å²) < 4.78 is 5.62. The third kappa shape index (κ3) is 2.54. The molecular formula is C14H26N2O2. The summed E-state index contributed by atoms with van der Waals surface area (Å²) in [4.78, 5) is 14.6. The highest BCUT2D eigenvalue weighted by Gasteiger charge is 2.45. The molecule has 2 fully saturated rings. The van der Waals surface area contributed by atoms with Gasteiger partial charge in [-0.2, -0.15) is 0 Å². The Morgan fingerprint density at radius 2 is 2.06 bits per heavy atom. The summed E-state index contributed by atoms with van der Waals surface area (Å²) in [5, 5.41) is 0. The molecule has 1 amide bonds. The van der Waals surface area contributed by atoms with E-state index in [9.17, 15) is 4.79 Å². The van der Waals surface area contributed by atoms with E-state index in [1.807, 2.05) is 18.7 Å². The van der Waals surface area contributed by atoms with Gasteiger partial charge in [-0.05, 0) is 39.5 Å². The summed E-state index contributed by atoms with van der Waals surface area (Å²) in [6, 6.07) is 0.0367. The average molecular weight is 254 g/mol. The second-order valence-corrected chi connectivity index (χ2v) is 5.86. The summed E-state index contributed by atoms with van der Waals surface area (Å²) >= 11 is 0. The highest BCUT2D eigenvalue weighted by atomic mass is 16.5. The van der Waals surface area contributed by atoms with E-state index in [0.717, 1.165) is 51.8 Å². The fourth-order valence-electron chi connectivity index (χ4n) is 3.28. The molecule has 0 aromatic heterocycles. The normalized spacial score (nSPS) is 33.9. The minimum absolute atomic E-state index is 0.0367. The summed E-state index contributed by atoms with van der Waals surface area (Å²) in [5.41, 5.74) is 5.80. The first-order valence-electron chi connectivity index (χ1n) is 7.24. The van der Waals surface area contributed by atoms with Crippen molar-refractivity contribution in [3.05, 3.63) is 0 Å². The Hall–Kier alpha value is -0.610. The van der Waals surface area contributed by atoms with Crippen LogP contribution in [0.2, 0.25) is 0 Å². The van der Waals surface area contributed by atoms with E-state index in [2.05, 4.69) is 0 Å². The fraction of sp³-hybridized carbons (Fsp3) is 0.929. The molecule has 18 heavy (non-hydrogen) atoms. The van der Waals surface area contributed by atoms with Gasteiger partial charge in [0.1, 0.15) is 0 Å². The molecule has 0 bridgehead atoms. The van der Waals surface area contributed by atoms with Crippen molar-refractivity contribution in [2.24, 2.45) is 11.1 Å². The number of carbonyl (C=O) groups excluding carboxylic acids is 1. The molecule has 2 rings (SSSR count). The van der Waals surface area contributed by atoms with Crippen molar-refractivity contribution in [2.75, 3.05) is 19.7 Å². The van der Waals surface area contributed by atoms with Crippen molar-refractivity contribution >= 4 is 5.91 Å². The molecule has 0 radical (unpaired) electrons. The van der Waals surface area contributed by atoms with Crippen molar-refractivity contribution in [2.45, 2.75) is 58.1 Å². The Kier molecular flexibility index (Phi) is 4.28. The van der Waals surface area contributed by atoms with E-state index in [1.54, 1.807) is 0 Å². The van der Waals surface area contributed by atoms with Crippen LogP contribution in [-0.4, -0.2) is 42.6 Å². The van der Waals surface area contributed by atoms with E-state index in [-0.39, 0.29) is 17.4 Å². The van der Waals surface area contributed by atoms with Gasteiger partial charge in [0.2, 0.25) is 5.91 Å². The van der Waals surface area contributed by atoms with Crippen LogP contribution in [0.4, 0.5) is 0 Å². The molecule has 104 valence electrons. The molecule has 4 heteroatoms. The van der Waals surface area contributed by atoms with Crippen LogP contribution >= 0.6 is 0 Å².